The number of hydrogen-bond donors (Lipinski definition) is 1. The van der Waals surface area contributed by atoms with Gasteiger partial charge in [0, 0.05) is 6.54 Å². The summed E-state index contributed by atoms with van der Waals surface area (Å²) in [5.41, 5.74) is 1.08. The summed E-state index contributed by atoms with van der Waals surface area (Å²) in [7, 11) is 1.91. The molecule has 6 heteroatoms. The Labute approximate surface area is 147 Å². The summed E-state index contributed by atoms with van der Waals surface area (Å²) in [4.78, 5) is 13.9. The maximum absolute atomic E-state index is 12.0. The molecule has 1 aliphatic rings. The third-order valence-corrected chi connectivity index (χ3v) is 3.74. The fourth-order valence-corrected chi connectivity index (χ4v) is 2.58. The van der Waals surface area contributed by atoms with Crippen LogP contribution in [-0.4, -0.2) is 44.3 Å². The average molecular weight is 342 g/mol. The van der Waals surface area contributed by atoms with Crippen LogP contribution in [0, 0.1) is 0 Å². The monoisotopic (exact) mass is 342 g/mol. The molecule has 1 N–H and O–H groups in total. The molecule has 132 valence electrons. The van der Waals surface area contributed by atoms with Crippen LogP contribution in [0.2, 0.25) is 0 Å². The van der Waals surface area contributed by atoms with Gasteiger partial charge in [0.05, 0.1) is 13.1 Å². The van der Waals surface area contributed by atoms with Crippen LogP contribution in [0.1, 0.15) is 5.56 Å². The lowest BCUT2D eigenvalue weighted by Gasteiger charge is -2.16. The molecule has 1 heterocycles. The Morgan fingerprint density at radius 2 is 1.96 bits per heavy atom. The Balaban J connectivity index is 1.36. The van der Waals surface area contributed by atoms with Crippen LogP contribution in [0.4, 0.5) is 0 Å². The van der Waals surface area contributed by atoms with Gasteiger partial charge in [0.1, 0.15) is 12.4 Å². The number of fused-ring (bicyclic) bond motifs is 1. The van der Waals surface area contributed by atoms with Crippen LogP contribution < -0.4 is 19.5 Å². The van der Waals surface area contributed by atoms with Crippen LogP contribution in [0.3, 0.4) is 0 Å². The van der Waals surface area contributed by atoms with Crippen molar-refractivity contribution in [3.05, 3.63) is 54.1 Å². The lowest BCUT2D eigenvalue weighted by atomic mass is 10.2. The molecular weight excluding hydrogens is 320 g/mol. The van der Waals surface area contributed by atoms with Crippen molar-refractivity contribution in [1.29, 1.82) is 0 Å². The minimum absolute atomic E-state index is 0.0279. The molecule has 2 aromatic carbocycles. The molecule has 2 aromatic rings. The molecule has 1 aliphatic heterocycles. The van der Waals surface area contributed by atoms with Crippen LogP contribution in [0.25, 0.3) is 0 Å². The smallest absolute Gasteiger partial charge is 0.234 e. The zero-order valence-corrected chi connectivity index (χ0v) is 14.2. The van der Waals surface area contributed by atoms with Gasteiger partial charge < -0.3 is 19.5 Å². The molecule has 0 spiro atoms. The van der Waals surface area contributed by atoms with E-state index < -0.39 is 0 Å². The highest BCUT2D eigenvalue weighted by molar-refractivity contribution is 5.77. The van der Waals surface area contributed by atoms with E-state index >= 15 is 0 Å². The summed E-state index contributed by atoms with van der Waals surface area (Å²) >= 11 is 0. The summed E-state index contributed by atoms with van der Waals surface area (Å²) < 4.78 is 16.2. The van der Waals surface area contributed by atoms with Gasteiger partial charge >= 0.3 is 0 Å². The highest BCUT2D eigenvalue weighted by Crippen LogP contribution is 2.32. The van der Waals surface area contributed by atoms with Crippen molar-refractivity contribution in [3.8, 4) is 17.2 Å². The fourth-order valence-electron chi connectivity index (χ4n) is 2.58. The van der Waals surface area contributed by atoms with Crippen LogP contribution >= 0.6 is 0 Å². The molecule has 1 amide bonds. The normalized spacial score (nSPS) is 12.2. The van der Waals surface area contributed by atoms with E-state index in [-0.39, 0.29) is 12.7 Å². The van der Waals surface area contributed by atoms with Crippen LogP contribution in [0.5, 0.6) is 17.2 Å². The molecule has 0 unspecified atom stereocenters. The van der Waals surface area contributed by atoms with E-state index in [0.717, 1.165) is 22.8 Å². The van der Waals surface area contributed by atoms with Gasteiger partial charge in [-0.1, -0.05) is 24.3 Å². The maximum Gasteiger partial charge on any atom is 0.234 e. The van der Waals surface area contributed by atoms with Gasteiger partial charge in [0.25, 0.3) is 0 Å². The topological polar surface area (TPSA) is 60.0 Å². The number of hydrogen-bond acceptors (Lipinski definition) is 5. The number of ether oxygens (including phenoxy) is 3. The van der Waals surface area contributed by atoms with Gasteiger partial charge in [-0.05, 0) is 36.9 Å². The number of carbonyl (C=O) groups excluding carboxylic acids is 1. The first-order valence-corrected chi connectivity index (χ1v) is 8.22. The van der Waals surface area contributed by atoms with Crippen molar-refractivity contribution in [3.63, 3.8) is 0 Å². The molecule has 6 nitrogen and oxygen atoms in total. The molecule has 0 fully saturated rings. The Kier molecular flexibility index (Phi) is 5.74. The molecule has 0 saturated heterocycles. The predicted molar refractivity (Wildman–Crippen MR) is 93.8 cm³/mol. The van der Waals surface area contributed by atoms with E-state index in [9.17, 15) is 4.79 Å². The highest BCUT2D eigenvalue weighted by Gasteiger charge is 2.14. The minimum atomic E-state index is -0.0279. The van der Waals surface area contributed by atoms with Crippen molar-refractivity contribution < 1.29 is 19.0 Å². The second kappa shape index (κ2) is 8.39. The SMILES string of the molecule is CN(CC(=O)NCCOc1ccccc1)Cc1ccc2c(c1)OCO2. The molecule has 0 bridgehead atoms. The zero-order valence-electron chi connectivity index (χ0n) is 14.2. The molecule has 25 heavy (non-hydrogen) atoms. The van der Waals surface area contributed by atoms with E-state index in [4.69, 9.17) is 14.2 Å². The quantitative estimate of drug-likeness (QED) is 0.744. The lowest BCUT2D eigenvalue weighted by Crippen LogP contribution is -2.36. The number of carbonyl (C=O) groups is 1. The number of nitrogens with one attached hydrogen (secondary N) is 1. The first kappa shape index (κ1) is 17.1. The molecule has 0 aliphatic carbocycles. The van der Waals surface area contributed by atoms with Crippen molar-refractivity contribution in [2.45, 2.75) is 6.54 Å². The third kappa shape index (κ3) is 5.12. The predicted octanol–water partition coefficient (Wildman–Crippen LogP) is 2.04. The van der Waals surface area contributed by atoms with Gasteiger partial charge in [-0.15, -0.1) is 0 Å². The van der Waals surface area contributed by atoms with Gasteiger partial charge in [0.15, 0.2) is 11.5 Å². The summed E-state index contributed by atoms with van der Waals surface area (Å²) in [6.07, 6.45) is 0. The Bertz CT molecular complexity index is 706. The number of amides is 1. The molecule has 0 atom stereocenters. The number of rotatable bonds is 8. The number of nitrogens with zero attached hydrogens (tertiary/aromatic N) is 1. The van der Waals surface area contributed by atoms with Crippen LogP contribution in [0.15, 0.2) is 48.5 Å². The van der Waals surface area contributed by atoms with E-state index in [1.54, 1.807) is 0 Å². The molecule has 3 rings (SSSR count). The minimum Gasteiger partial charge on any atom is -0.492 e. The van der Waals surface area contributed by atoms with Crippen LogP contribution in [-0.2, 0) is 11.3 Å². The van der Waals surface area contributed by atoms with Gasteiger partial charge in [-0.2, -0.15) is 0 Å². The Hall–Kier alpha value is -2.73. The van der Waals surface area contributed by atoms with E-state index in [1.807, 2.05) is 60.5 Å². The number of benzene rings is 2. The molecule has 0 radical (unpaired) electrons. The summed E-state index contributed by atoms with van der Waals surface area (Å²) in [6, 6.07) is 15.4. The number of likely N-dealkylation sites (N-methyl/N-ethyl adjacent to an activating group) is 1. The van der Waals surface area contributed by atoms with Gasteiger partial charge in [-0.25, -0.2) is 0 Å². The largest absolute Gasteiger partial charge is 0.492 e. The van der Waals surface area contributed by atoms with Crippen molar-refractivity contribution in [2.24, 2.45) is 0 Å². The Morgan fingerprint density at radius 1 is 1.16 bits per heavy atom. The van der Waals surface area contributed by atoms with Gasteiger partial charge in [-0.3, -0.25) is 9.69 Å². The van der Waals surface area contributed by atoms with Gasteiger partial charge in [0.2, 0.25) is 12.7 Å². The highest BCUT2D eigenvalue weighted by atomic mass is 16.7. The fraction of sp³-hybridized carbons (Fsp3) is 0.316. The summed E-state index contributed by atoms with van der Waals surface area (Å²) in [6.45, 7) is 2.17. The van der Waals surface area contributed by atoms with Crippen molar-refractivity contribution >= 4 is 5.91 Å². The van der Waals surface area contributed by atoms with E-state index in [0.29, 0.717) is 26.2 Å². The third-order valence-electron chi connectivity index (χ3n) is 3.74. The molecule has 0 saturated carbocycles. The summed E-state index contributed by atoms with van der Waals surface area (Å²) in [5.74, 6) is 2.30. The van der Waals surface area contributed by atoms with Crippen molar-refractivity contribution in [1.82, 2.24) is 10.2 Å². The average Bonchev–Trinajstić information content (AvgIpc) is 3.07. The standard InChI is InChI=1S/C19H22N2O4/c1-21(12-15-7-8-17-18(11-15)25-14-24-17)13-19(22)20-9-10-23-16-5-3-2-4-6-16/h2-8,11H,9-10,12-14H2,1H3,(H,20,22). The Morgan fingerprint density at radius 3 is 2.80 bits per heavy atom. The van der Waals surface area contributed by atoms with E-state index in [1.165, 1.54) is 0 Å². The zero-order chi connectivity index (χ0) is 17.5. The van der Waals surface area contributed by atoms with E-state index in [2.05, 4.69) is 5.32 Å². The van der Waals surface area contributed by atoms with Crippen molar-refractivity contribution in [2.75, 3.05) is 33.5 Å². The second-order valence-corrected chi connectivity index (χ2v) is 5.87. The first-order chi connectivity index (χ1) is 12.2. The molecular formula is C19H22N2O4. The lowest BCUT2D eigenvalue weighted by molar-refractivity contribution is -0.122. The molecule has 0 aromatic heterocycles. The maximum atomic E-state index is 12.0. The first-order valence-electron chi connectivity index (χ1n) is 8.22. The summed E-state index contributed by atoms with van der Waals surface area (Å²) in [5, 5.41) is 2.86. The number of para-hydroxylation sites is 1. The second-order valence-electron chi connectivity index (χ2n) is 5.87.